The molecule has 2 heterocycles. The molecule has 0 atom stereocenters. The second-order valence-corrected chi connectivity index (χ2v) is 8.15. The molecule has 1 fully saturated rings. The number of ether oxygens (including phenoxy) is 1. The second-order valence-electron chi connectivity index (χ2n) is 8.15. The van der Waals surface area contributed by atoms with E-state index in [2.05, 4.69) is 31.5 Å². The van der Waals surface area contributed by atoms with Crippen LogP contribution in [0.25, 0.3) is 11.1 Å². The second kappa shape index (κ2) is 11.3. The molecule has 0 spiro atoms. The quantitative estimate of drug-likeness (QED) is 0.415. The van der Waals surface area contributed by atoms with E-state index in [1.807, 2.05) is 36.5 Å². The summed E-state index contributed by atoms with van der Waals surface area (Å²) in [4.78, 5) is 13.1. The fourth-order valence-electron chi connectivity index (χ4n) is 4.04. The zero-order valence-electron chi connectivity index (χ0n) is 18.6. The van der Waals surface area contributed by atoms with E-state index in [4.69, 9.17) is 16.3 Å². The Bertz CT molecular complexity index is 1070. The van der Waals surface area contributed by atoms with Crippen molar-refractivity contribution < 1.29 is 9.84 Å². The highest BCUT2D eigenvalue weighted by Gasteiger charge is 2.15. The number of aromatic nitrogens is 3. The van der Waals surface area contributed by atoms with Crippen molar-refractivity contribution in [2.45, 2.75) is 32.1 Å². The molecule has 0 aliphatic heterocycles. The van der Waals surface area contributed by atoms with Gasteiger partial charge in [-0.2, -0.15) is 0 Å². The van der Waals surface area contributed by atoms with Crippen LogP contribution in [0.2, 0.25) is 0 Å². The van der Waals surface area contributed by atoms with Gasteiger partial charge in [-0.3, -0.25) is 0 Å². The molecule has 3 aromatic rings. The molecule has 1 saturated carbocycles. The van der Waals surface area contributed by atoms with Crippen molar-refractivity contribution in [1.82, 2.24) is 15.0 Å². The first-order chi connectivity index (χ1) is 16.2. The molecule has 1 aliphatic carbocycles. The first kappa shape index (κ1) is 22.6. The maximum Gasteiger partial charge on any atom is 0.150 e. The predicted octanol–water partition coefficient (Wildman–Crippen LogP) is 4.63. The molecule has 1 aromatic carbocycles. The van der Waals surface area contributed by atoms with Gasteiger partial charge in [-0.1, -0.05) is 31.4 Å². The van der Waals surface area contributed by atoms with Crippen LogP contribution in [0, 0.1) is 18.3 Å². The van der Waals surface area contributed by atoms with Crippen molar-refractivity contribution in [3.05, 3.63) is 54.6 Å². The average Bonchev–Trinajstić information content (AvgIpc) is 2.88. The molecule has 7 heteroatoms. The van der Waals surface area contributed by atoms with Crippen molar-refractivity contribution in [3.8, 4) is 29.2 Å². The van der Waals surface area contributed by atoms with Crippen LogP contribution in [0.3, 0.4) is 0 Å². The van der Waals surface area contributed by atoms with Crippen LogP contribution in [-0.4, -0.2) is 39.8 Å². The van der Waals surface area contributed by atoms with Crippen molar-refractivity contribution >= 4 is 17.3 Å². The molecular weight excluding hydrogens is 414 g/mol. The summed E-state index contributed by atoms with van der Waals surface area (Å²) in [5, 5.41) is 15.8. The molecule has 0 unspecified atom stereocenters. The van der Waals surface area contributed by atoms with Crippen LogP contribution in [0.15, 0.2) is 48.9 Å². The summed E-state index contributed by atoms with van der Waals surface area (Å²) < 4.78 is 5.49. The molecule has 7 nitrogen and oxygen atoms in total. The highest BCUT2D eigenvalue weighted by atomic mass is 16.5. The Morgan fingerprint density at radius 2 is 1.79 bits per heavy atom. The Balaban J connectivity index is 1.56. The molecular formula is C26H29N5O2. The molecule has 0 radical (unpaired) electrons. The number of aliphatic hydroxyl groups is 1. The Morgan fingerprint density at radius 3 is 2.48 bits per heavy atom. The normalized spacial score (nSPS) is 13.8. The van der Waals surface area contributed by atoms with E-state index in [-0.39, 0.29) is 13.2 Å². The standard InChI is InChI=1S/C26H29N5O2/c1-2-21-16-29-26(18-27-21)31-25-14-24(28-15-19-6-4-3-5-7-19)23(17-30-25)20-8-10-22(11-9-20)33-13-12-32/h1,8-11,14,16-19,32H,3-7,12-13,15H2,(H2,28,29,30,31). The maximum absolute atomic E-state index is 8.96. The number of benzene rings is 1. The summed E-state index contributed by atoms with van der Waals surface area (Å²) in [5.41, 5.74) is 3.55. The smallest absolute Gasteiger partial charge is 0.150 e. The first-order valence-electron chi connectivity index (χ1n) is 11.4. The highest BCUT2D eigenvalue weighted by Crippen LogP contribution is 2.32. The lowest BCUT2D eigenvalue weighted by molar-refractivity contribution is 0.201. The van der Waals surface area contributed by atoms with Gasteiger partial charge in [0.1, 0.15) is 29.7 Å². The van der Waals surface area contributed by atoms with E-state index < -0.39 is 0 Å². The number of terminal acetylenes is 1. The minimum atomic E-state index is -0.00872. The summed E-state index contributed by atoms with van der Waals surface area (Å²) in [6.07, 6.45) is 16.9. The van der Waals surface area contributed by atoms with Crippen LogP contribution in [0.5, 0.6) is 5.75 Å². The Labute approximate surface area is 194 Å². The van der Waals surface area contributed by atoms with E-state index >= 15 is 0 Å². The van der Waals surface area contributed by atoms with E-state index in [1.165, 1.54) is 32.1 Å². The number of rotatable bonds is 9. The van der Waals surface area contributed by atoms with E-state index in [9.17, 15) is 0 Å². The van der Waals surface area contributed by atoms with Gasteiger partial charge in [0.25, 0.3) is 0 Å². The van der Waals surface area contributed by atoms with Gasteiger partial charge in [-0.15, -0.1) is 6.42 Å². The lowest BCUT2D eigenvalue weighted by Crippen LogP contribution is -2.17. The van der Waals surface area contributed by atoms with Crippen molar-refractivity contribution in [1.29, 1.82) is 0 Å². The van der Waals surface area contributed by atoms with Gasteiger partial charge in [0.05, 0.1) is 19.0 Å². The Morgan fingerprint density at radius 1 is 1.00 bits per heavy atom. The monoisotopic (exact) mass is 443 g/mol. The minimum absolute atomic E-state index is 0.00872. The van der Waals surface area contributed by atoms with E-state index in [0.717, 1.165) is 29.1 Å². The number of anilines is 3. The summed E-state index contributed by atoms with van der Waals surface area (Å²) in [7, 11) is 0. The van der Waals surface area contributed by atoms with Crippen LogP contribution in [0.1, 0.15) is 37.8 Å². The van der Waals surface area contributed by atoms with E-state index in [0.29, 0.717) is 23.2 Å². The van der Waals surface area contributed by atoms with E-state index in [1.54, 1.807) is 12.4 Å². The molecule has 0 amide bonds. The fourth-order valence-corrected chi connectivity index (χ4v) is 4.04. The average molecular weight is 444 g/mol. The highest BCUT2D eigenvalue weighted by molar-refractivity contribution is 5.79. The summed E-state index contributed by atoms with van der Waals surface area (Å²) in [5.74, 6) is 5.14. The van der Waals surface area contributed by atoms with Gasteiger partial charge >= 0.3 is 0 Å². The van der Waals surface area contributed by atoms with Crippen LogP contribution in [0.4, 0.5) is 17.3 Å². The number of hydrogen-bond acceptors (Lipinski definition) is 7. The minimum Gasteiger partial charge on any atom is -0.491 e. The van der Waals surface area contributed by atoms with Gasteiger partial charge in [0, 0.05) is 30.1 Å². The maximum atomic E-state index is 8.96. The lowest BCUT2D eigenvalue weighted by atomic mass is 9.89. The molecule has 1 aliphatic rings. The van der Waals surface area contributed by atoms with Gasteiger partial charge in [0.2, 0.25) is 0 Å². The molecule has 4 rings (SSSR count). The van der Waals surface area contributed by atoms with Crippen LogP contribution >= 0.6 is 0 Å². The molecule has 33 heavy (non-hydrogen) atoms. The number of hydrogen-bond donors (Lipinski definition) is 3. The van der Waals surface area contributed by atoms with Gasteiger partial charge < -0.3 is 20.5 Å². The Hall–Kier alpha value is -3.63. The molecule has 2 aromatic heterocycles. The van der Waals surface area contributed by atoms with Crippen molar-refractivity contribution in [2.24, 2.45) is 5.92 Å². The molecule has 0 bridgehead atoms. The van der Waals surface area contributed by atoms with Crippen LogP contribution in [-0.2, 0) is 0 Å². The third kappa shape index (κ3) is 6.21. The predicted molar refractivity (Wildman–Crippen MR) is 131 cm³/mol. The summed E-state index contributed by atoms with van der Waals surface area (Å²) >= 11 is 0. The zero-order chi connectivity index (χ0) is 22.9. The van der Waals surface area contributed by atoms with Gasteiger partial charge in [0.15, 0.2) is 0 Å². The number of nitrogens with one attached hydrogen (secondary N) is 2. The number of aliphatic hydroxyl groups excluding tert-OH is 1. The SMILES string of the molecule is C#Cc1cnc(Nc2cc(NCC3CCCCC3)c(-c3ccc(OCCO)cc3)cn2)cn1. The summed E-state index contributed by atoms with van der Waals surface area (Å²) in [6, 6.07) is 9.83. The number of nitrogens with zero attached hydrogens (tertiary/aromatic N) is 3. The zero-order valence-corrected chi connectivity index (χ0v) is 18.6. The lowest BCUT2D eigenvalue weighted by Gasteiger charge is -2.23. The number of pyridine rings is 1. The topological polar surface area (TPSA) is 92.2 Å². The third-order valence-corrected chi connectivity index (χ3v) is 5.79. The van der Waals surface area contributed by atoms with Gasteiger partial charge in [-0.05, 0) is 42.4 Å². The third-order valence-electron chi connectivity index (χ3n) is 5.79. The van der Waals surface area contributed by atoms with Crippen molar-refractivity contribution in [2.75, 3.05) is 30.4 Å². The fraction of sp³-hybridized carbons (Fsp3) is 0.346. The molecule has 0 saturated heterocycles. The van der Waals surface area contributed by atoms with Gasteiger partial charge in [-0.25, -0.2) is 15.0 Å². The largest absolute Gasteiger partial charge is 0.491 e. The first-order valence-corrected chi connectivity index (χ1v) is 11.4. The Kier molecular flexibility index (Phi) is 7.72. The van der Waals surface area contributed by atoms with Crippen LogP contribution < -0.4 is 15.4 Å². The molecule has 3 N–H and O–H groups in total. The summed E-state index contributed by atoms with van der Waals surface area (Å²) in [6.45, 7) is 1.21. The molecule has 170 valence electrons. The van der Waals surface area contributed by atoms with Crippen molar-refractivity contribution in [3.63, 3.8) is 0 Å².